The second-order valence-corrected chi connectivity index (χ2v) is 6.59. The molecule has 8 nitrogen and oxygen atoms in total. The molecule has 1 amide bonds. The van der Waals surface area contributed by atoms with Crippen molar-refractivity contribution in [1.29, 1.82) is 0 Å². The molecule has 1 aliphatic rings. The molecule has 3 heterocycles. The largest absolute Gasteiger partial charge is 0.350 e. The van der Waals surface area contributed by atoms with E-state index in [1.807, 2.05) is 12.4 Å². The Balaban J connectivity index is 1.51. The van der Waals surface area contributed by atoms with E-state index < -0.39 is 0 Å². The first-order valence-corrected chi connectivity index (χ1v) is 8.43. The summed E-state index contributed by atoms with van der Waals surface area (Å²) in [5.74, 6) is 1.30. The number of rotatable bonds is 6. The van der Waals surface area contributed by atoms with Gasteiger partial charge in [-0.3, -0.25) is 9.69 Å². The number of imidazole rings is 1. The van der Waals surface area contributed by atoms with Gasteiger partial charge in [0.15, 0.2) is 5.69 Å². The van der Waals surface area contributed by atoms with Crippen LogP contribution in [-0.2, 0) is 6.54 Å². The fraction of sp³-hybridized carbons (Fsp3) is 0.625. The molecule has 1 saturated heterocycles. The summed E-state index contributed by atoms with van der Waals surface area (Å²) in [6, 6.07) is 0.415. The molecule has 0 saturated carbocycles. The number of likely N-dealkylation sites (tertiary alicyclic amines) is 1. The summed E-state index contributed by atoms with van der Waals surface area (Å²) >= 11 is 0. The zero-order valence-corrected chi connectivity index (χ0v) is 14.2. The summed E-state index contributed by atoms with van der Waals surface area (Å²) in [4.78, 5) is 18.8. The lowest BCUT2D eigenvalue weighted by atomic mass is 9.98. The molecular formula is C16H24N6O2. The number of nitrogens with one attached hydrogen (secondary N) is 1. The predicted molar refractivity (Wildman–Crippen MR) is 87.2 cm³/mol. The van der Waals surface area contributed by atoms with Gasteiger partial charge in [-0.05, 0) is 44.3 Å². The first-order chi connectivity index (χ1) is 11.6. The Morgan fingerprint density at radius 3 is 3.12 bits per heavy atom. The average molecular weight is 332 g/mol. The topological polar surface area (TPSA) is 89.1 Å². The van der Waals surface area contributed by atoms with Crippen LogP contribution in [0.3, 0.4) is 0 Å². The van der Waals surface area contributed by atoms with Crippen LogP contribution in [0.4, 0.5) is 0 Å². The van der Waals surface area contributed by atoms with Crippen molar-refractivity contribution in [3.05, 3.63) is 30.1 Å². The van der Waals surface area contributed by atoms with E-state index in [0.717, 1.165) is 38.3 Å². The Hall–Kier alpha value is -2.22. The number of aromatic nitrogens is 4. The standard InChI is InChI=1S/C16H24N6O2/c1-12(2)22-7-5-17-15(22)11-21-6-3-4-13(10-21)8-18-16(23)14-9-19-24-20-14/h5,7,9,12-13H,3-4,6,8,10-11H2,1-2H3,(H,18,23)/t13-/m0/s1. The minimum atomic E-state index is -0.233. The quantitative estimate of drug-likeness (QED) is 0.862. The SMILES string of the molecule is CC(C)n1ccnc1CN1CCC[C@@H](CNC(=O)c2cnon2)C1. The van der Waals surface area contributed by atoms with Gasteiger partial charge in [0.2, 0.25) is 0 Å². The third kappa shape index (κ3) is 4.00. The Morgan fingerprint density at radius 2 is 2.38 bits per heavy atom. The highest BCUT2D eigenvalue weighted by molar-refractivity contribution is 5.91. The molecule has 1 fully saturated rings. The molecule has 0 unspecified atom stereocenters. The maximum Gasteiger partial charge on any atom is 0.275 e. The summed E-state index contributed by atoms with van der Waals surface area (Å²) in [7, 11) is 0. The van der Waals surface area contributed by atoms with Crippen LogP contribution < -0.4 is 5.32 Å². The molecule has 1 N–H and O–H groups in total. The summed E-state index contributed by atoms with van der Waals surface area (Å²) in [6.45, 7) is 7.85. The van der Waals surface area contributed by atoms with Crippen molar-refractivity contribution in [1.82, 2.24) is 30.1 Å². The lowest BCUT2D eigenvalue weighted by Crippen LogP contribution is -2.41. The monoisotopic (exact) mass is 332 g/mol. The summed E-state index contributed by atoms with van der Waals surface area (Å²) < 4.78 is 6.67. The van der Waals surface area contributed by atoms with Crippen molar-refractivity contribution >= 4 is 5.91 Å². The molecule has 0 bridgehead atoms. The fourth-order valence-electron chi connectivity index (χ4n) is 3.19. The van der Waals surface area contributed by atoms with Gasteiger partial charge in [-0.25, -0.2) is 9.61 Å². The smallest absolute Gasteiger partial charge is 0.275 e. The Labute approximate surface area is 141 Å². The van der Waals surface area contributed by atoms with E-state index in [-0.39, 0.29) is 11.6 Å². The van der Waals surface area contributed by atoms with Crippen LogP contribution in [-0.4, -0.2) is 50.3 Å². The average Bonchev–Trinajstić information content (AvgIpc) is 3.24. The molecular weight excluding hydrogens is 308 g/mol. The van der Waals surface area contributed by atoms with Crippen LogP contribution >= 0.6 is 0 Å². The van der Waals surface area contributed by atoms with Crippen molar-refractivity contribution in [2.45, 2.75) is 39.3 Å². The Bertz CT molecular complexity index is 651. The van der Waals surface area contributed by atoms with Crippen molar-refractivity contribution in [3.8, 4) is 0 Å². The highest BCUT2D eigenvalue weighted by atomic mass is 16.6. The van der Waals surface area contributed by atoms with Crippen LogP contribution in [0.5, 0.6) is 0 Å². The summed E-state index contributed by atoms with van der Waals surface area (Å²) in [5, 5.41) is 9.92. The van der Waals surface area contributed by atoms with Crippen LogP contribution in [0, 0.1) is 5.92 Å². The number of piperidine rings is 1. The minimum absolute atomic E-state index is 0.224. The highest BCUT2D eigenvalue weighted by Gasteiger charge is 2.22. The Kier molecular flexibility index (Phi) is 5.24. The molecule has 2 aromatic rings. The zero-order valence-electron chi connectivity index (χ0n) is 14.2. The third-order valence-electron chi connectivity index (χ3n) is 4.42. The molecule has 0 aliphatic carbocycles. The molecule has 1 atom stereocenters. The molecule has 2 aromatic heterocycles. The number of nitrogens with zero attached hydrogens (tertiary/aromatic N) is 5. The fourth-order valence-corrected chi connectivity index (χ4v) is 3.19. The van der Waals surface area contributed by atoms with Gasteiger partial charge in [0.25, 0.3) is 5.91 Å². The normalized spacial score (nSPS) is 18.9. The van der Waals surface area contributed by atoms with E-state index in [1.54, 1.807) is 0 Å². The number of hydrogen-bond donors (Lipinski definition) is 1. The van der Waals surface area contributed by atoms with Crippen molar-refractivity contribution in [2.75, 3.05) is 19.6 Å². The van der Waals surface area contributed by atoms with E-state index in [4.69, 9.17) is 0 Å². The van der Waals surface area contributed by atoms with Crippen LogP contribution in [0.1, 0.15) is 49.0 Å². The molecule has 1 aliphatic heterocycles. The molecule has 0 spiro atoms. The lowest BCUT2D eigenvalue weighted by Gasteiger charge is -2.32. The highest BCUT2D eigenvalue weighted by Crippen LogP contribution is 2.19. The maximum atomic E-state index is 11.9. The summed E-state index contributed by atoms with van der Waals surface area (Å²) in [5.41, 5.74) is 0.224. The minimum Gasteiger partial charge on any atom is -0.350 e. The van der Waals surface area contributed by atoms with Crippen LogP contribution in [0.25, 0.3) is 0 Å². The van der Waals surface area contributed by atoms with E-state index in [2.05, 4.69) is 48.6 Å². The summed E-state index contributed by atoms with van der Waals surface area (Å²) in [6.07, 6.45) is 7.48. The van der Waals surface area contributed by atoms with Crippen LogP contribution in [0.2, 0.25) is 0 Å². The second-order valence-electron chi connectivity index (χ2n) is 6.59. The van der Waals surface area contributed by atoms with Gasteiger partial charge in [-0.2, -0.15) is 0 Å². The molecule has 0 aromatic carbocycles. The molecule has 0 radical (unpaired) electrons. The van der Waals surface area contributed by atoms with Crippen molar-refractivity contribution in [2.24, 2.45) is 5.92 Å². The van der Waals surface area contributed by atoms with Gasteiger partial charge in [-0.1, -0.05) is 5.16 Å². The molecule has 130 valence electrons. The third-order valence-corrected chi connectivity index (χ3v) is 4.42. The van der Waals surface area contributed by atoms with E-state index in [1.165, 1.54) is 6.20 Å². The maximum absolute atomic E-state index is 11.9. The predicted octanol–water partition coefficient (Wildman–Crippen LogP) is 1.49. The number of hydrogen-bond acceptors (Lipinski definition) is 6. The number of carbonyl (C=O) groups excluding carboxylic acids is 1. The van der Waals surface area contributed by atoms with Gasteiger partial charge in [0, 0.05) is 31.5 Å². The van der Waals surface area contributed by atoms with Crippen molar-refractivity contribution < 1.29 is 9.42 Å². The first kappa shape index (κ1) is 16.6. The van der Waals surface area contributed by atoms with E-state index in [9.17, 15) is 4.79 Å². The zero-order chi connectivity index (χ0) is 16.9. The molecule has 24 heavy (non-hydrogen) atoms. The number of carbonyl (C=O) groups is 1. The Morgan fingerprint density at radius 1 is 1.50 bits per heavy atom. The molecule has 8 heteroatoms. The molecule has 3 rings (SSSR count). The lowest BCUT2D eigenvalue weighted by molar-refractivity contribution is 0.0919. The van der Waals surface area contributed by atoms with Gasteiger partial charge < -0.3 is 9.88 Å². The van der Waals surface area contributed by atoms with Gasteiger partial charge in [0.1, 0.15) is 12.0 Å². The van der Waals surface area contributed by atoms with E-state index in [0.29, 0.717) is 18.5 Å². The second kappa shape index (κ2) is 7.57. The van der Waals surface area contributed by atoms with Gasteiger partial charge in [0.05, 0.1) is 6.54 Å². The number of amides is 1. The van der Waals surface area contributed by atoms with Gasteiger partial charge in [-0.15, -0.1) is 0 Å². The van der Waals surface area contributed by atoms with E-state index >= 15 is 0 Å². The van der Waals surface area contributed by atoms with Crippen molar-refractivity contribution in [3.63, 3.8) is 0 Å². The van der Waals surface area contributed by atoms with Gasteiger partial charge >= 0.3 is 0 Å². The van der Waals surface area contributed by atoms with Crippen LogP contribution in [0.15, 0.2) is 23.2 Å². The first-order valence-electron chi connectivity index (χ1n) is 8.43.